The number of amides is 1. The molecular weight excluding hydrogens is 432 g/mol. The van der Waals surface area contributed by atoms with Gasteiger partial charge >= 0.3 is 5.97 Å². The molecule has 1 saturated heterocycles. The van der Waals surface area contributed by atoms with Crippen LogP contribution >= 0.6 is 0 Å². The molecular formula is C27H24N2O5. The Morgan fingerprint density at radius 3 is 2.38 bits per heavy atom. The van der Waals surface area contributed by atoms with E-state index in [1.807, 2.05) is 38.1 Å². The quantitative estimate of drug-likeness (QED) is 0.252. The van der Waals surface area contributed by atoms with Gasteiger partial charge in [0, 0.05) is 23.6 Å². The lowest BCUT2D eigenvalue weighted by Gasteiger charge is -2.26. The molecule has 1 aliphatic heterocycles. The number of Topliss-reactive ketones (excluding diaryl/α,β-unsaturated/α-hetero) is 1. The van der Waals surface area contributed by atoms with Crippen LogP contribution in [0.3, 0.4) is 0 Å². The molecule has 1 amide bonds. The van der Waals surface area contributed by atoms with Crippen LogP contribution in [-0.2, 0) is 14.3 Å². The third-order valence-corrected chi connectivity index (χ3v) is 5.57. The van der Waals surface area contributed by atoms with Crippen molar-refractivity contribution in [3.63, 3.8) is 0 Å². The fourth-order valence-electron chi connectivity index (χ4n) is 3.96. The van der Waals surface area contributed by atoms with E-state index in [1.54, 1.807) is 36.4 Å². The number of ketones is 1. The average Bonchev–Trinajstić information content (AvgIpc) is 3.13. The number of aromatic nitrogens is 1. The van der Waals surface area contributed by atoms with Gasteiger partial charge in [0.05, 0.1) is 23.8 Å². The predicted octanol–water partition coefficient (Wildman–Crippen LogP) is 4.58. The number of esters is 1. The summed E-state index contributed by atoms with van der Waals surface area (Å²) in [5.74, 6) is -2.27. The van der Waals surface area contributed by atoms with Gasteiger partial charge in [-0.15, -0.1) is 0 Å². The number of aliphatic hydroxyl groups is 1. The Labute approximate surface area is 197 Å². The van der Waals surface area contributed by atoms with Crippen LogP contribution in [0.25, 0.3) is 5.76 Å². The number of anilines is 1. The van der Waals surface area contributed by atoms with E-state index in [9.17, 15) is 19.5 Å². The van der Waals surface area contributed by atoms with Gasteiger partial charge in [0.1, 0.15) is 5.76 Å². The van der Waals surface area contributed by atoms with Crippen molar-refractivity contribution in [2.75, 3.05) is 11.5 Å². The molecule has 1 aliphatic rings. The van der Waals surface area contributed by atoms with Crippen molar-refractivity contribution < 1.29 is 24.2 Å². The van der Waals surface area contributed by atoms with Crippen LogP contribution in [0.15, 0.2) is 78.6 Å². The monoisotopic (exact) mass is 456 g/mol. The van der Waals surface area contributed by atoms with Gasteiger partial charge in [-0.05, 0) is 55.3 Å². The van der Waals surface area contributed by atoms with Gasteiger partial charge in [-0.1, -0.05) is 36.8 Å². The number of pyridine rings is 1. The number of ether oxygens (including phenoxy) is 1. The van der Waals surface area contributed by atoms with E-state index >= 15 is 0 Å². The molecule has 1 fully saturated rings. The molecule has 1 aromatic heterocycles. The number of nitrogens with zero attached hydrogens (tertiary/aromatic N) is 2. The number of aliphatic hydroxyl groups excluding tert-OH is 1. The summed E-state index contributed by atoms with van der Waals surface area (Å²) in [6, 6.07) is 16.1. The molecule has 0 radical (unpaired) electrons. The van der Waals surface area contributed by atoms with E-state index in [0.29, 0.717) is 35.4 Å². The van der Waals surface area contributed by atoms with Crippen LogP contribution < -0.4 is 4.90 Å². The summed E-state index contributed by atoms with van der Waals surface area (Å²) in [6.45, 7) is 4.14. The summed E-state index contributed by atoms with van der Waals surface area (Å²) in [5.41, 5.74) is 2.78. The zero-order valence-electron chi connectivity index (χ0n) is 18.9. The van der Waals surface area contributed by atoms with Gasteiger partial charge in [-0.2, -0.15) is 0 Å². The third-order valence-electron chi connectivity index (χ3n) is 5.57. The van der Waals surface area contributed by atoms with E-state index < -0.39 is 23.7 Å². The van der Waals surface area contributed by atoms with Crippen molar-refractivity contribution >= 4 is 29.1 Å². The maximum Gasteiger partial charge on any atom is 0.338 e. The fraction of sp³-hybridized carbons (Fsp3) is 0.185. The van der Waals surface area contributed by atoms with Crippen LogP contribution in [0.1, 0.15) is 46.4 Å². The van der Waals surface area contributed by atoms with Crippen molar-refractivity contribution in [2.45, 2.75) is 26.3 Å². The number of benzene rings is 2. The smallest absolute Gasteiger partial charge is 0.338 e. The second kappa shape index (κ2) is 9.70. The largest absolute Gasteiger partial charge is 0.507 e. The van der Waals surface area contributed by atoms with E-state index in [1.165, 1.54) is 17.3 Å². The Hall–Kier alpha value is -4.26. The molecule has 34 heavy (non-hydrogen) atoms. The van der Waals surface area contributed by atoms with Gasteiger partial charge in [0.15, 0.2) is 0 Å². The second-order valence-electron chi connectivity index (χ2n) is 8.00. The molecule has 0 spiro atoms. The summed E-state index contributed by atoms with van der Waals surface area (Å²) in [7, 11) is 0. The first-order valence-electron chi connectivity index (χ1n) is 11.0. The summed E-state index contributed by atoms with van der Waals surface area (Å²) in [5, 5.41) is 11.1. The summed E-state index contributed by atoms with van der Waals surface area (Å²) in [6.07, 6.45) is 3.72. The highest BCUT2D eigenvalue weighted by Gasteiger charge is 2.47. The van der Waals surface area contributed by atoms with Crippen LogP contribution in [-0.4, -0.2) is 34.4 Å². The topological polar surface area (TPSA) is 96.8 Å². The first-order valence-corrected chi connectivity index (χ1v) is 11.0. The lowest BCUT2D eigenvalue weighted by molar-refractivity contribution is -0.132. The molecule has 1 atom stereocenters. The summed E-state index contributed by atoms with van der Waals surface area (Å²) < 4.78 is 5.16. The molecule has 2 aromatic carbocycles. The summed E-state index contributed by atoms with van der Waals surface area (Å²) >= 11 is 0. The van der Waals surface area contributed by atoms with E-state index in [0.717, 1.165) is 5.56 Å². The fourth-order valence-corrected chi connectivity index (χ4v) is 3.96. The minimum Gasteiger partial charge on any atom is -0.507 e. The highest BCUT2D eigenvalue weighted by atomic mass is 16.5. The van der Waals surface area contributed by atoms with Gasteiger partial charge in [-0.25, -0.2) is 4.79 Å². The van der Waals surface area contributed by atoms with E-state index in [4.69, 9.17) is 4.74 Å². The number of rotatable bonds is 6. The minimum absolute atomic E-state index is 0.00627. The van der Waals surface area contributed by atoms with E-state index in [-0.39, 0.29) is 11.3 Å². The Morgan fingerprint density at radius 2 is 1.74 bits per heavy atom. The molecule has 0 aliphatic carbocycles. The third kappa shape index (κ3) is 4.32. The first kappa shape index (κ1) is 22.9. The van der Waals surface area contributed by atoms with Crippen molar-refractivity contribution in [3.05, 3.63) is 101 Å². The molecule has 0 bridgehead atoms. The standard InChI is InChI=1S/C27H24N2O5/c1-3-15-34-27(33)19-7-9-21(10-8-19)29-23(20-6-4-5-17(2)16-20)22(25(31)26(29)32)24(30)18-11-13-28-14-12-18/h4-14,16,23,30H,3,15H2,1-2H3/b24-22+. The lowest BCUT2D eigenvalue weighted by Crippen LogP contribution is -2.29. The maximum absolute atomic E-state index is 13.2. The normalized spacial score (nSPS) is 17.1. The number of carbonyl (C=O) groups excluding carboxylic acids is 3. The number of hydrogen-bond acceptors (Lipinski definition) is 6. The Bertz CT molecular complexity index is 1270. The van der Waals surface area contributed by atoms with Gasteiger partial charge in [0.2, 0.25) is 0 Å². The molecule has 4 rings (SSSR count). The molecule has 7 heteroatoms. The number of carbonyl (C=O) groups is 3. The molecule has 3 aromatic rings. The van der Waals surface area contributed by atoms with Crippen LogP contribution in [0.4, 0.5) is 5.69 Å². The van der Waals surface area contributed by atoms with Gasteiger partial charge < -0.3 is 9.84 Å². The molecule has 1 N–H and O–H groups in total. The molecule has 172 valence electrons. The average molecular weight is 456 g/mol. The van der Waals surface area contributed by atoms with Crippen molar-refractivity contribution in [1.29, 1.82) is 0 Å². The van der Waals surface area contributed by atoms with Crippen LogP contribution in [0.5, 0.6) is 0 Å². The summed E-state index contributed by atoms with van der Waals surface area (Å²) in [4.78, 5) is 43.8. The van der Waals surface area contributed by atoms with Crippen molar-refractivity contribution in [2.24, 2.45) is 0 Å². The van der Waals surface area contributed by atoms with E-state index in [2.05, 4.69) is 4.98 Å². The zero-order chi connectivity index (χ0) is 24.2. The minimum atomic E-state index is -0.842. The predicted molar refractivity (Wildman–Crippen MR) is 127 cm³/mol. The molecule has 1 unspecified atom stereocenters. The highest BCUT2D eigenvalue weighted by molar-refractivity contribution is 6.51. The molecule has 7 nitrogen and oxygen atoms in total. The lowest BCUT2D eigenvalue weighted by atomic mass is 9.94. The number of aryl methyl sites for hydroxylation is 1. The van der Waals surface area contributed by atoms with Crippen LogP contribution in [0, 0.1) is 6.92 Å². The highest BCUT2D eigenvalue weighted by Crippen LogP contribution is 2.42. The molecule has 2 heterocycles. The SMILES string of the molecule is CCCOC(=O)c1ccc(N2C(=O)C(=O)/C(=C(/O)c3ccncc3)C2c2cccc(C)c2)cc1. The van der Waals surface area contributed by atoms with Gasteiger partial charge in [-0.3, -0.25) is 19.5 Å². The Morgan fingerprint density at radius 1 is 1.03 bits per heavy atom. The Kier molecular flexibility index (Phi) is 6.54. The van der Waals surface area contributed by atoms with Crippen molar-refractivity contribution in [1.82, 2.24) is 4.98 Å². The number of hydrogen-bond donors (Lipinski definition) is 1. The molecule has 0 saturated carbocycles. The second-order valence-corrected chi connectivity index (χ2v) is 8.00. The van der Waals surface area contributed by atoms with Crippen molar-refractivity contribution in [3.8, 4) is 0 Å². The zero-order valence-corrected chi connectivity index (χ0v) is 18.9. The maximum atomic E-state index is 13.2. The van der Waals surface area contributed by atoms with Gasteiger partial charge in [0.25, 0.3) is 11.7 Å². The van der Waals surface area contributed by atoms with Crippen LogP contribution in [0.2, 0.25) is 0 Å². The Balaban J connectivity index is 1.82. The first-order chi connectivity index (χ1) is 16.4.